The number of halogens is 2. The molecular weight excluding hydrogens is 226 g/mol. The van der Waals surface area contributed by atoms with Gasteiger partial charge in [-0.15, -0.1) is 0 Å². The van der Waals surface area contributed by atoms with Gasteiger partial charge in [0.05, 0.1) is 0 Å². The van der Waals surface area contributed by atoms with Crippen LogP contribution in [-0.2, 0) is 10.0 Å². The van der Waals surface area contributed by atoms with Gasteiger partial charge in [-0.25, -0.2) is 13.1 Å². The van der Waals surface area contributed by atoms with Gasteiger partial charge in [-0.05, 0) is 38.8 Å². The first-order valence-electron chi connectivity index (χ1n) is 4.93. The van der Waals surface area contributed by atoms with Gasteiger partial charge >= 0.3 is 5.76 Å². The highest BCUT2D eigenvalue weighted by molar-refractivity contribution is 7.89. The van der Waals surface area contributed by atoms with Gasteiger partial charge in [0.2, 0.25) is 0 Å². The monoisotopic (exact) mass is 242 g/mol. The maximum atomic E-state index is 12.1. The number of hydrogen-bond donors (Lipinski definition) is 2. The molecule has 7 heteroatoms. The second-order valence-electron chi connectivity index (χ2n) is 3.80. The van der Waals surface area contributed by atoms with Crippen LogP contribution in [-0.4, -0.2) is 33.3 Å². The molecule has 1 atom stereocenters. The third-order valence-corrected chi connectivity index (χ3v) is 3.85. The number of rotatable bonds is 4. The Labute approximate surface area is 88.5 Å². The van der Waals surface area contributed by atoms with Gasteiger partial charge < -0.3 is 5.32 Å². The average molecular weight is 242 g/mol. The molecule has 0 bridgehead atoms. The van der Waals surface area contributed by atoms with E-state index in [1.165, 1.54) is 0 Å². The molecular formula is C8H16F2N2O2S. The van der Waals surface area contributed by atoms with E-state index in [9.17, 15) is 17.2 Å². The van der Waals surface area contributed by atoms with Crippen molar-refractivity contribution < 1.29 is 17.2 Å². The second kappa shape index (κ2) is 5.18. The van der Waals surface area contributed by atoms with Crippen molar-refractivity contribution in [3.63, 3.8) is 0 Å². The molecule has 15 heavy (non-hydrogen) atoms. The molecule has 0 spiro atoms. The van der Waals surface area contributed by atoms with Crippen LogP contribution in [0.25, 0.3) is 0 Å². The largest absolute Gasteiger partial charge is 0.350 e. The Bertz CT molecular complexity index is 289. The van der Waals surface area contributed by atoms with Crippen molar-refractivity contribution in [2.24, 2.45) is 5.92 Å². The van der Waals surface area contributed by atoms with Gasteiger partial charge in [0, 0.05) is 6.04 Å². The van der Waals surface area contributed by atoms with Crippen molar-refractivity contribution in [1.29, 1.82) is 0 Å². The summed E-state index contributed by atoms with van der Waals surface area (Å²) in [5.41, 5.74) is 0. The van der Waals surface area contributed by atoms with Crippen molar-refractivity contribution in [3.8, 4) is 0 Å². The predicted molar refractivity (Wildman–Crippen MR) is 53.1 cm³/mol. The fraction of sp³-hybridized carbons (Fsp3) is 1.00. The fourth-order valence-electron chi connectivity index (χ4n) is 1.75. The van der Waals surface area contributed by atoms with Gasteiger partial charge in [-0.2, -0.15) is 8.78 Å². The molecule has 2 N–H and O–H groups in total. The van der Waals surface area contributed by atoms with Crippen molar-refractivity contribution in [1.82, 2.24) is 10.0 Å². The quantitative estimate of drug-likeness (QED) is 0.755. The van der Waals surface area contributed by atoms with Crippen LogP contribution in [0.15, 0.2) is 0 Å². The molecule has 0 saturated carbocycles. The van der Waals surface area contributed by atoms with Crippen LogP contribution in [0.1, 0.15) is 19.8 Å². The number of sulfonamides is 1. The standard InChI is InChI=1S/C8H16F2N2O2S/c1-6(7-2-4-11-5-3-7)12-15(13,14)8(9)10/h6-8,11-12H,2-5H2,1H3. The Morgan fingerprint density at radius 2 is 1.87 bits per heavy atom. The van der Waals surface area contributed by atoms with Crippen molar-refractivity contribution >= 4 is 10.0 Å². The highest BCUT2D eigenvalue weighted by Gasteiger charge is 2.29. The first-order valence-corrected chi connectivity index (χ1v) is 6.48. The summed E-state index contributed by atoms with van der Waals surface area (Å²) in [6, 6.07) is -0.425. The Morgan fingerprint density at radius 3 is 2.33 bits per heavy atom. The molecule has 1 saturated heterocycles. The van der Waals surface area contributed by atoms with Gasteiger partial charge in [0.1, 0.15) is 0 Å². The molecule has 0 aromatic heterocycles. The summed E-state index contributed by atoms with van der Waals surface area (Å²) in [6.45, 7) is 3.26. The fourth-order valence-corrected chi connectivity index (χ4v) is 2.56. The Kier molecular flexibility index (Phi) is 4.42. The highest BCUT2D eigenvalue weighted by Crippen LogP contribution is 2.17. The van der Waals surface area contributed by atoms with Crippen LogP contribution in [0.3, 0.4) is 0 Å². The van der Waals surface area contributed by atoms with Crippen molar-refractivity contribution in [2.45, 2.75) is 31.6 Å². The van der Waals surface area contributed by atoms with E-state index in [2.05, 4.69) is 5.32 Å². The zero-order chi connectivity index (χ0) is 11.5. The zero-order valence-electron chi connectivity index (χ0n) is 8.54. The maximum Gasteiger partial charge on any atom is 0.350 e. The van der Waals surface area contributed by atoms with Gasteiger partial charge in [-0.1, -0.05) is 0 Å². The summed E-state index contributed by atoms with van der Waals surface area (Å²) < 4.78 is 48.0. The minimum atomic E-state index is -4.45. The van der Waals surface area contributed by atoms with Crippen molar-refractivity contribution in [3.05, 3.63) is 0 Å². The number of alkyl halides is 2. The van der Waals surface area contributed by atoms with E-state index in [1.807, 2.05) is 4.72 Å². The van der Waals surface area contributed by atoms with E-state index in [0.29, 0.717) is 0 Å². The van der Waals surface area contributed by atoms with Crippen LogP contribution < -0.4 is 10.0 Å². The minimum absolute atomic E-state index is 0.139. The smallest absolute Gasteiger partial charge is 0.317 e. The summed E-state index contributed by atoms with van der Waals surface area (Å²) in [5.74, 6) is -3.21. The summed E-state index contributed by atoms with van der Waals surface area (Å²) in [5, 5.41) is 3.13. The first kappa shape index (κ1) is 12.8. The molecule has 0 aromatic carbocycles. The summed E-state index contributed by atoms with van der Waals surface area (Å²) in [4.78, 5) is 0. The van der Waals surface area contributed by atoms with Crippen LogP contribution >= 0.6 is 0 Å². The SMILES string of the molecule is CC(NS(=O)(=O)C(F)F)C1CCNCC1. The Hall–Kier alpha value is -0.270. The predicted octanol–water partition coefficient (Wildman–Crippen LogP) is 0.517. The van der Waals surface area contributed by atoms with Gasteiger partial charge in [0.15, 0.2) is 0 Å². The number of piperidine rings is 1. The second-order valence-corrected chi connectivity index (χ2v) is 5.48. The molecule has 4 nitrogen and oxygen atoms in total. The summed E-state index contributed by atoms with van der Waals surface area (Å²) in [7, 11) is -4.45. The molecule has 1 rings (SSSR count). The average Bonchev–Trinajstić information content (AvgIpc) is 2.18. The lowest BCUT2D eigenvalue weighted by molar-refractivity contribution is 0.228. The topological polar surface area (TPSA) is 58.2 Å². The van der Waals surface area contributed by atoms with E-state index in [-0.39, 0.29) is 5.92 Å². The summed E-state index contributed by atoms with van der Waals surface area (Å²) >= 11 is 0. The molecule has 0 radical (unpaired) electrons. The third-order valence-electron chi connectivity index (χ3n) is 2.68. The van der Waals surface area contributed by atoms with Crippen LogP contribution in [0.5, 0.6) is 0 Å². The zero-order valence-corrected chi connectivity index (χ0v) is 9.36. The molecule has 0 aromatic rings. The number of nitrogens with one attached hydrogen (secondary N) is 2. The molecule has 90 valence electrons. The molecule has 0 aliphatic carbocycles. The Morgan fingerprint density at radius 1 is 1.33 bits per heavy atom. The third kappa shape index (κ3) is 3.66. The molecule has 1 fully saturated rings. The lowest BCUT2D eigenvalue weighted by Gasteiger charge is -2.28. The number of hydrogen-bond acceptors (Lipinski definition) is 3. The first-order chi connectivity index (χ1) is 6.93. The maximum absolute atomic E-state index is 12.1. The van der Waals surface area contributed by atoms with Crippen LogP contribution in [0.2, 0.25) is 0 Å². The normalized spacial score (nSPS) is 21.9. The lowest BCUT2D eigenvalue weighted by Crippen LogP contribution is -2.44. The molecule has 1 aliphatic rings. The molecule has 0 amide bonds. The van der Waals surface area contributed by atoms with Crippen molar-refractivity contribution in [2.75, 3.05) is 13.1 Å². The van der Waals surface area contributed by atoms with E-state index in [4.69, 9.17) is 0 Å². The van der Waals surface area contributed by atoms with Gasteiger partial charge in [-0.3, -0.25) is 0 Å². The molecule has 1 heterocycles. The minimum Gasteiger partial charge on any atom is -0.317 e. The van der Waals surface area contributed by atoms with E-state index in [1.54, 1.807) is 6.92 Å². The van der Waals surface area contributed by atoms with E-state index < -0.39 is 21.8 Å². The molecule has 1 unspecified atom stereocenters. The summed E-state index contributed by atoms with van der Waals surface area (Å²) in [6.07, 6.45) is 1.62. The van der Waals surface area contributed by atoms with Crippen LogP contribution in [0, 0.1) is 5.92 Å². The van der Waals surface area contributed by atoms with Crippen LogP contribution in [0.4, 0.5) is 8.78 Å². The molecule has 1 aliphatic heterocycles. The van der Waals surface area contributed by atoms with E-state index >= 15 is 0 Å². The van der Waals surface area contributed by atoms with Gasteiger partial charge in [0.25, 0.3) is 10.0 Å². The van der Waals surface area contributed by atoms with E-state index in [0.717, 1.165) is 25.9 Å². The lowest BCUT2D eigenvalue weighted by atomic mass is 9.92. The highest BCUT2D eigenvalue weighted by atomic mass is 32.2. The Balaban J connectivity index is 2.50.